The third kappa shape index (κ3) is 5.47. The third-order valence-corrected chi connectivity index (χ3v) is 15.6. The molecule has 3 nitrogen and oxygen atoms in total. The Balaban J connectivity index is 1.02. The fourth-order valence-electron chi connectivity index (χ4n) is 10.4. The van der Waals surface area contributed by atoms with Crippen molar-refractivity contribution < 1.29 is 4.42 Å². The lowest BCUT2D eigenvalue weighted by molar-refractivity contribution is 0.670. The van der Waals surface area contributed by atoms with Gasteiger partial charge in [0, 0.05) is 79.6 Å². The third-order valence-electron chi connectivity index (χ3n) is 13.2. The number of aromatic nitrogens is 1. The summed E-state index contributed by atoms with van der Waals surface area (Å²) in [7, 11) is 0. The summed E-state index contributed by atoms with van der Waals surface area (Å²) in [5, 5.41) is 9.83. The number of anilines is 3. The Bertz CT molecular complexity index is 4150. The smallest absolute Gasteiger partial charge is 0.143 e. The number of rotatable bonds is 6. The standard InChI is InChI=1S/C60H36N2OS2/c1-7-24-49-40(15-1)41-16-2-8-25-50(41)62(49)51-26-9-3-17-42(51)47-35-36-52(57-48-20-6-12-30-56(48)65-60(47)57)61(53-27-14-23-46-44-19-5-11-29-55(44)64-59(46)53)38-33-31-37(32-34-38)39-21-13-22-45-43-18-4-10-28-54(43)63-58(39)45/h1-36H. The quantitative estimate of drug-likeness (QED) is 0.166. The van der Waals surface area contributed by atoms with Crippen LogP contribution in [0.15, 0.2) is 223 Å². The lowest BCUT2D eigenvalue weighted by Crippen LogP contribution is -2.10. The van der Waals surface area contributed by atoms with Crippen LogP contribution in [0.25, 0.3) is 112 Å². The molecule has 14 aromatic rings. The van der Waals surface area contributed by atoms with Crippen molar-refractivity contribution >= 4 is 124 Å². The molecule has 14 rings (SSSR count). The van der Waals surface area contributed by atoms with Crippen molar-refractivity contribution in [3.8, 4) is 27.9 Å². The number of thiophene rings is 2. The molecule has 0 unspecified atom stereocenters. The van der Waals surface area contributed by atoms with Crippen molar-refractivity contribution in [3.63, 3.8) is 0 Å². The van der Waals surface area contributed by atoms with Gasteiger partial charge in [-0.25, -0.2) is 0 Å². The predicted octanol–water partition coefficient (Wildman–Crippen LogP) is 18.2. The number of hydrogen-bond donors (Lipinski definition) is 0. The number of nitrogens with zero attached hydrogens (tertiary/aromatic N) is 2. The van der Waals surface area contributed by atoms with Crippen molar-refractivity contribution in [1.29, 1.82) is 0 Å². The second kappa shape index (κ2) is 14.3. The molecule has 0 fully saturated rings. The monoisotopic (exact) mass is 864 g/mol. The topological polar surface area (TPSA) is 21.3 Å². The van der Waals surface area contributed by atoms with Crippen LogP contribution in [0.4, 0.5) is 17.1 Å². The van der Waals surface area contributed by atoms with E-state index in [4.69, 9.17) is 4.42 Å². The number of benzene rings is 10. The van der Waals surface area contributed by atoms with E-state index in [0.29, 0.717) is 0 Å². The van der Waals surface area contributed by atoms with E-state index in [1.807, 2.05) is 28.7 Å². The zero-order valence-corrected chi connectivity index (χ0v) is 36.5. The highest BCUT2D eigenvalue weighted by atomic mass is 32.1. The maximum Gasteiger partial charge on any atom is 0.143 e. The minimum absolute atomic E-state index is 0.905. The molecule has 5 heteroatoms. The van der Waals surface area contributed by atoms with Crippen molar-refractivity contribution in [2.75, 3.05) is 4.90 Å². The van der Waals surface area contributed by atoms with Crippen LogP contribution in [0.5, 0.6) is 0 Å². The van der Waals surface area contributed by atoms with Crippen molar-refractivity contribution in [3.05, 3.63) is 218 Å². The Morgan fingerprint density at radius 1 is 0.369 bits per heavy atom. The van der Waals surface area contributed by atoms with Gasteiger partial charge in [-0.15, -0.1) is 22.7 Å². The SMILES string of the molecule is c1ccc(-n2c3ccccc3c3ccccc32)c(-c2ccc(N(c3ccc(-c4cccc5c4oc4ccccc45)cc3)c3cccc4c3sc3ccccc34)c3c2sc2ccccc23)c1. The molecule has 0 aliphatic carbocycles. The van der Waals surface area contributed by atoms with Gasteiger partial charge < -0.3 is 13.9 Å². The summed E-state index contributed by atoms with van der Waals surface area (Å²) in [6.45, 7) is 0. The van der Waals surface area contributed by atoms with Gasteiger partial charge in [0.25, 0.3) is 0 Å². The van der Waals surface area contributed by atoms with E-state index < -0.39 is 0 Å². The molecule has 0 radical (unpaired) electrons. The van der Waals surface area contributed by atoms with Gasteiger partial charge in [0.2, 0.25) is 0 Å². The second-order valence-electron chi connectivity index (χ2n) is 16.7. The molecule has 304 valence electrons. The first kappa shape index (κ1) is 36.5. The normalized spacial score (nSPS) is 12.0. The second-order valence-corrected chi connectivity index (χ2v) is 18.8. The van der Waals surface area contributed by atoms with Gasteiger partial charge in [-0.3, -0.25) is 0 Å². The Hall–Kier alpha value is -7.96. The summed E-state index contributed by atoms with van der Waals surface area (Å²) in [6, 6.07) is 79.6. The molecule has 4 aromatic heterocycles. The van der Waals surface area contributed by atoms with Crippen LogP contribution in [0.2, 0.25) is 0 Å². The summed E-state index contributed by atoms with van der Waals surface area (Å²) in [5.74, 6) is 0. The van der Waals surface area contributed by atoms with Gasteiger partial charge in [-0.2, -0.15) is 0 Å². The largest absolute Gasteiger partial charge is 0.455 e. The highest BCUT2D eigenvalue weighted by Crippen LogP contribution is 2.52. The van der Waals surface area contributed by atoms with Crippen molar-refractivity contribution in [2.24, 2.45) is 0 Å². The van der Waals surface area contributed by atoms with E-state index >= 15 is 0 Å². The van der Waals surface area contributed by atoms with Crippen molar-refractivity contribution in [1.82, 2.24) is 4.57 Å². The van der Waals surface area contributed by atoms with Crippen LogP contribution in [0, 0.1) is 0 Å². The van der Waals surface area contributed by atoms with Crippen LogP contribution in [0.3, 0.4) is 0 Å². The molecule has 0 spiro atoms. The van der Waals surface area contributed by atoms with Gasteiger partial charge >= 0.3 is 0 Å². The summed E-state index contributed by atoms with van der Waals surface area (Å²) in [4.78, 5) is 2.51. The van der Waals surface area contributed by atoms with E-state index in [9.17, 15) is 0 Å². The molecule has 0 amide bonds. The summed E-state index contributed by atoms with van der Waals surface area (Å²) in [6.07, 6.45) is 0. The number of furan rings is 1. The van der Waals surface area contributed by atoms with Crippen LogP contribution >= 0.6 is 22.7 Å². The first-order valence-corrected chi connectivity index (χ1v) is 23.6. The fourth-order valence-corrected chi connectivity index (χ4v) is 12.8. The molecule has 65 heavy (non-hydrogen) atoms. The maximum absolute atomic E-state index is 6.52. The predicted molar refractivity (Wildman–Crippen MR) is 279 cm³/mol. The molecule has 0 N–H and O–H groups in total. The van der Waals surface area contributed by atoms with Crippen molar-refractivity contribution in [2.45, 2.75) is 0 Å². The van der Waals surface area contributed by atoms with Crippen LogP contribution < -0.4 is 4.90 Å². The van der Waals surface area contributed by atoms with Gasteiger partial charge in [-0.05, 0) is 66.2 Å². The molecule has 10 aromatic carbocycles. The van der Waals surface area contributed by atoms with E-state index in [-0.39, 0.29) is 0 Å². The van der Waals surface area contributed by atoms with Gasteiger partial charge in [0.1, 0.15) is 11.2 Å². The summed E-state index contributed by atoms with van der Waals surface area (Å²) < 4.78 is 14.1. The fraction of sp³-hybridized carbons (Fsp3) is 0. The molecule has 0 aliphatic rings. The van der Waals surface area contributed by atoms with Crippen LogP contribution in [-0.4, -0.2) is 4.57 Å². The minimum atomic E-state index is 0.905. The van der Waals surface area contributed by atoms with E-state index in [1.165, 1.54) is 79.0 Å². The number of hydrogen-bond acceptors (Lipinski definition) is 4. The lowest BCUT2D eigenvalue weighted by atomic mass is 9.98. The Labute approximate surface area is 381 Å². The van der Waals surface area contributed by atoms with Gasteiger partial charge in [0.05, 0.1) is 32.8 Å². The molecule has 0 saturated carbocycles. The lowest BCUT2D eigenvalue weighted by Gasteiger charge is -2.28. The van der Waals surface area contributed by atoms with Crippen LogP contribution in [-0.2, 0) is 0 Å². The highest BCUT2D eigenvalue weighted by Gasteiger charge is 2.25. The average molecular weight is 865 g/mol. The Kier molecular flexibility index (Phi) is 8.02. The number of fused-ring (bicyclic) bond motifs is 12. The first-order chi connectivity index (χ1) is 32.3. The van der Waals surface area contributed by atoms with E-state index in [1.54, 1.807) is 0 Å². The summed E-state index contributed by atoms with van der Waals surface area (Å²) >= 11 is 3.75. The molecule has 4 heterocycles. The average Bonchev–Trinajstić information content (AvgIpc) is 4.14. The van der Waals surface area contributed by atoms with Crippen LogP contribution in [0.1, 0.15) is 0 Å². The molecular formula is C60H36N2OS2. The van der Waals surface area contributed by atoms with Gasteiger partial charge in [0.15, 0.2) is 0 Å². The van der Waals surface area contributed by atoms with E-state index in [2.05, 4.69) is 222 Å². The minimum Gasteiger partial charge on any atom is -0.455 e. The number of para-hydroxylation sites is 5. The maximum atomic E-state index is 6.52. The molecule has 0 bridgehead atoms. The molecule has 0 atom stereocenters. The zero-order chi connectivity index (χ0) is 42.6. The molecular weight excluding hydrogens is 829 g/mol. The molecule has 0 aliphatic heterocycles. The van der Waals surface area contributed by atoms with E-state index in [0.717, 1.165) is 50.1 Å². The first-order valence-electron chi connectivity index (χ1n) is 22.0. The summed E-state index contributed by atoms with van der Waals surface area (Å²) in [5.41, 5.74) is 13.4. The molecule has 0 saturated heterocycles. The Morgan fingerprint density at radius 3 is 1.75 bits per heavy atom. The zero-order valence-electron chi connectivity index (χ0n) is 34.9. The Morgan fingerprint density at radius 2 is 0.954 bits per heavy atom. The highest BCUT2D eigenvalue weighted by molar-refractivity contribution is 7.27. The van der Waals surface area contributed by atoms with Gasteiger partial charge in [-0.1, -0.05) is 158 Å².